The summed E-state index contributed by atoms with van der Waals surface area (Å²) in [6, 6.07) is 0. The Morgan fingerprint density at radius 2 is 1.74 bits per heavy atom. The van der Waals surface area contributed by atoms with Gasteiger partial charge in [0, 0.05) is 42.6 Å². The molecule has 7 heteroatoms. The van der Waals surface area contributed by atoms with Gasteiger partial charge in [0.05, 0.1) is 11.2 Å². The molecular formula is C31H48O5S2. The van der Waals surface area contributed by atoms with Crippen LogP contribution in [0, 0.1) is 51.8 Å². The molecule has 7 unspecified atom stereocenters. The summed E-state index contributed by atoms with van der Waals surface area (Å²) < 4.78 is 10.9. The molecule has 38 heavy (non-hydrogen) atoms. The molecule has 1 aliphatic heterocycles. The number of thioether (sulfide) groups is 2. The molecular weight excluding hydrogens is 516 g/mol. The summed E-state index contributed by atoms with van der Waals surface area (Å²) in [7, 11) is 1.47. The molecule has 5 fully saturated rings. The van der Waals surface area contributed by atoms with Gasteiger partial charge in [0.2, 0.25) is 0 Å². The molecule has 0 N–H and O–H groups in total. The van der Waals surface area contributed by atoms with Crippen LogP contribution >= 0.6 is 23.5 Å². The van der Waals surface area contributed by atoms with E-state index in [0.29, 0.717) is 48.2 Å². The fourth-order valence-corrected chi connectivity index (χ4v) is 14.3. The van der Waals surface area contributed by atoms with E-state index in [2.05, 4.69) is 58.1 Å². The van der Waals surface area contributed by atoms with Crippen molar-refractivity contribution in [1.82, 2.24) is 0 Å². The van der Waals surface area contributed by atoms with Crippen LogP contribution in [0.4, 0.5) is 0 Å². The maximum atomic E-state index is 14.5. The summed E-state index contributed by atoms with van der Waals surface area (Å²) in [4.78, 5) is 38.5. The van der Waals surface area contributed by atoms with Crippen LogP contribution in [0.15, 0.2) is 0 Å². The molecule has 214 valence electrons. The minimum absolute atomic E-state index is 0.00183. The number of hydrogen-bond acceptors (Lipinski definition) is 7. The molecule has 5 nitrogen and oxygen atoms in total. The van der Waals surface area contributed by atoms with Crippen molar-refractivity contribution in [2.45, 2.75) is 103 Å². The van der Waals surface area contributed by atoms with E-state index in [1.54, 1.807) is 0 Å². The molecule has 0 aromatic carbocycles. The first-order valence-electron chi connectivity index (χ1n) is 14.8. The zero-order chi connectivity index (χ0) is 27.7. The van der Waals surface area contributed by atoms with Crippen molar-refractivity contribution in [3.05, 3.63) is 0 Å². The molecule has 4 saturated carbocycles. The van der Waals surface area contributed by atoms with Gasteiger partial charge < -0.3 is 9.47 Å². The first kappa shape index (κ1) is 28.8. The second-order valence-corrected chi connectivity index (χ2v) is 17.4. The average molecular weight is 565 g/mol. The van der Waals surface area contributed by atoms with Gasteiger partial charge in [0.25, 0.3) is 0 Å². The molecule has 5 aliphatic rings. The smallest absolute Gasteiger partial charge is 0.305 e. The summed E-state index contributed by atoms with van der Waals surface area (Å²) in [6.45, 7) is 13.3. The van der Waals surface area contributed by atoms with E-state index in [9.17, 15) is 14.4 Å². The third-order valence-electron chi connectivity index (χ3n) is 12.2. The number of hydrogen-bond donors (Lipinski definition) is 0. The summed E-state index contributed by atoms with van der Waals surface area (Å²) >= 11 is 4.28. The maximum Gasteiger partial charge on any atom is 0.305 e. The highest BCUT2D eigenvalue weighted by molar-refractivity contribution is 8.21. The van der Waals surface area contributed by atoms with Gasteiger partial charge in [0.15, 0.2) is 0 Å². The van der Waals surface area contributed by atoms with E-state index in [4.69, 9.17) is 9.47 Å². The number of Topliss-reactive ketones (excluding diaryl/α,β-unsaturated/α-hetero) is 1. The summed E-state index contributed by atoms with van der Waals surface area (Å²) in [5, 5.41) is 0. The lowest BCUT2D eigenvalue weighted by Crippen LogP contribution is -2.67. The fraction of sp³-hybridized carbons (Fsp3) is 0.903. The van der Waals surface area contributed by atoms with E-state index in [1.165, 1.54) is 20.5 Å². The van der Waals surface area contributed by atoms with Gasteiger partial charge in [-0.05, 0) is 78.9 Å². The van der Waals surface area contributed by atoms with Crippen molar-refractivity contribution >= 4 is 41.2 Å². The van der Waals surface area contributed by atoms with Crippen LogP contribution in [0.5, 0.6) is 0 Å². The number of carbonyl (C=O) groups is 3. The van der Waals surface area contributed by atoms with Gasteiger partial charge in [-0.3, -0.25) is 14.4 Å². The second kappa shape index (κ2) is 9.99. The Morgan fingerprint density at radius 1 is 1.05 bits per heavy atom. The third kappa shape index (κ3) is 4.30. The van der Waals surface area contributed by atoms with Gasteiger partial charge in [0.1, 0.15) is 11.9 Å². The molecule has 0 radical (unpaired) electrons. The molecule has 1 saturated heterocycles. The van der Waals surface area contributed by atoms with Crippen molar-refractivity contribution in [2.24, 2.45) is 51.8 Å². The zero-order valence-electron chi connectivity index (χ0n) is 24.5. The molecule has 0 aromatic heterocycles. The molecule has 1 spiro atoms. The minimum Gasteiger partial charge on any atom is -0.469 e. The van der Waals surface area contributed by atoms with E-state index < -0.39 is 0 Å². The summed E-state index contributed by atoms with van der Waals surface area (Å²) in [5.41, 5.74) is -0.229. The maximum absolute atomic E-state index is 14.5. The number of esters is 2. The first-order valence-corrected chi connectivity index (χ1v) is 16.8. The third-order valence-corrected chi connectivity index (χ3v) is 15.8. The molecule has 9 atom stereocenters. The van der Waals surface area contributed by atoms with Gasteiger partial charge in [-0.15, -0.1) is 23.5 Å². The van der Waals surface area contributed by atoms with Crippen LogP contribution in [0.2, 0.25) is 0 Å². The molecule has 4 aliphatic carbocycles. The van der Waals surface area contributed by atoms with Gasteiger partial charge in [-0.1, -0.05) is 34.6 Å². The highest BCUT2D eigenvalue weighted by atomic mass is 32.2. The number of rotatable bonds is 5. The molecule has 0 aromatic rings. The van der Waals surface area contributed by atoms with Crippen LogP contribution in [0.3, 0.4) is 0 Å². The van der Waals surface area contributed by atoms with Gasteiger partial charge in [-0.2, -0.15) is 0 Å². The molecule has 5 rings (SSSR count). The Bertz CT molecular complexity index is 973. The highest BCUT2D eigenvalue weighted by Crippen LogP contribution is 2.76. The Hall–Kier alpha value is -0.690. The Labute approximate surface area is 238 Å². The summed E-state index contributed by atoms with van der Waals surface area (Å²) in [5.74, 6) is 4.71. The first-order chi connectivity index (χ1) is 17.8. The Balaban J connectivity index is 1.51. The van der Waals surface area contributed by atoms with Crippen LogP contribution in [-0.4, -0.2) is 46.5 Å². The monoisotopic (exact) mass is 564 g/mol. The number of ketones is 1. The van der Waals surface area contributed by atoms with Crippen molar-refractivity contribution in [3.63, 3.8) is 0 Å². The van der Waals surface area contributed by atoms with Crippen LogP contribution in [-0.2, 0) is 23.9 Å². The lowest BCUT2D eigenvalue weighted by Gasteiger charge is -2.68. The molecule has 0 bridgehead atoms. The average Bonchev–Trinajstić information content (AvgIpc) is 3.45. The Kier molecular flexibility index (Phi) is 7.58. The van der Waals surface area contributed by atoms with E-state index in [-0.39, 0.29) is 44.3 Å². The highest BCUT2D eigenvalue weighted by Gasteiger charge is 2.72. The number of methoxy groups -OCH3 is 1. The molecule has 1 heterocycles. The minimum atomic E-state index is -0.192. The van der Waals surface area contributed by atoms with Crippen molar-refractivity contribution in [3.8, 4) is 0 Å². The number of fused-ring (bicyclic) bond motifs is 6. The lowest BCUT2D eigenvalue weighted by atomic mass is 9.40. The predicted octanol–water partition coefficient (Wildman–Crippen LogP) is 6.77. The van der Waals surface area contributed by atoms with Gasteiger partial charge >= 0.3 is 11.9 Å². The largest absolute Gasteiger partial charge is 0.469 e. The van der Waals surface area contributed by atoms with Gasteiger partial charge in [-0.25, -0.2) is 0 Å². The predicted molar refractivity (Wildman–Crippen MR) is 154 cm³/mol. The molecule has 0 amide bonds. The van der Waals surface area contributed by atoms with Crippen molar-refractivity contribution in [1.29, 1.82) is 0 Å². The van der Waals surface area contributed by atoms with Crippen LogP contribution in [0.1, 0.15) is 92.9 Å². The van der Waals surface area contributed by atoms with Crippen molar-refractivity contribution < 1.29 is 23.9 Å². The van der Waals surface area contributed by atoms with Crippen molar-refractivity contribution in [2.75, 3.05) is 18.6 Å². The quantitative estimate of drug-likeness (QED) is 0.341. The van der Waals surface area contributed by atoms with E-state index >= 15 is 0 Å². The standard InChI is InChI=1S/C31H48O5S2/c1-18(8-11-25(34)35-7)20-9-10-21-26-27(22(33)16-30(20,21)6)29(5)13-12-24(36-19(2)32)28(3,4)23(29)17-31(26)37-14-15-38-31/h18,20-21,23-24,26-27H,8-17H2,1-7H3/t18?,20?,21?,23?,24?,26?,27?,29-,30+/m0/s1. The topological polar surface area (TPSA) is 69.7 Å². The SMILES string of the molecule is COC(=O)CCC(C)C1CCC2C3C(C(=O)C[C@]12C)[C@@]1(C)CCC(OC(C)=O)C(C)(C)C1CC31SCCS1. The number of carbonyl (C=O) groups excluding carboxylic acids is 3. The van der Waals surface area contributed by atoms with E-state index in [1.807, 2.05) is 0 Å². The summed E-state index contributed by atoms with van der Waals surface area (Å²) in [6.07, 6.45) is 7.15. The van der Waals surface area contributed by atoms with Crippen LogP contribution < -0.4 is 0 Å². The zero-order valence-corrected chi connectivity index (χ0v) is 26.1. The van der Waals surface area contributed by atoms with E-state index in [0.717, 1.165) is 43.6 Å². The number of ether oxygens (including phenoxy) is 2. The normalized spacial score (nSPS) is 43.6. The van der Waals surface area contributed by atoms with Crippen LogP contribution in [0.25, 0.3) is 0 Å². The lowest BCUT2D eigenvalue weighted by molar-refractivity contribution is -0.197. The fourth-order valence-electron chi connectivity index (χ4n) is 10.5. The second-order valence-electron chi connectivity index (χ2n) is 14.3. The Morgan fingerprint density at radius 3 is 2.37 bits per heavy atom.